The molecule has 2 aromatic heterocycles. The first-order valence-electron chi connectivity index (χ1n) is 6.75. The number of nitrogens with two attached hydrogens (primary N) is 1. The molecule has 1 fully saturated rings. The summed E-state index contributed by atoms with van der Waals surface area (Å²) < 4.78 is 5.35. The van der Waals surface area contributed by atoms with Crippen LogP contribution in [-0.4, -0.2) is 32.0 Å². The van der Waals surface area contributed by atoms with Gasteiger partial charge in [-0.3, -0.25) is 9.89 Å². The highest BCUT2D eigenvalue weighted by atomic mass is 16.3. The molecule has 0 radical (unpaired) electrons. The Morgan fingerprint density at radius 1 is 1.50 bits per heavy atom. The standard InChI is InChI=1S/C13H17N5O2/c14-13-15-11(16-17-13)12(19)18(9-4-1-2-5-9)8-10-6-3-7-20-10/h3,6-7,9H,1-2,4-5,8H2,(H3,14,15,16,17). The fourth-order valence-electron chi connectivity index (χ4n) is 2.66. The molecule has 1 aliphatic carbocycles. The van der Waals surface area contributed by atoms with Gasteiger partial charge in [0.2, 0.25) is 11.8 Å². The lowest BCUT2D eigenvalue weighted by Crippen LogP contribution is -2.38. The number of carbonyl (C=O) groups is 1. The van der Waals surface area contributed by atoms with Gasteiger partial charge < -0.3 is 15.1 Å². The normalized spacial score (nSPS) is 15.6. The van der Waals surface area contributed by atoms with Crippen LogP contribution in [0.3, 0.4) is 0 Å². The van der Waals surface area contributed by atoms with Gasteiger partial charge in [0.25, 0.3) is 5.91 Å². The molecule has 0 saturated heterocycles. The number of aromatic nitrogens is 3. The Balaban J connectivity index is 1.82. The monoisotopic (exact) mass is 275 g/mol. The number of nitrogens with zero attached hydrogens (tertiary/aromatic N) is 3. The number of aromatic amines is 1. The van der Waals surface area contributed by atoms with Crippen molar-refractivity contribution in [3.05, 3.63) is 30.0 Å². The molecule has 1 saturated carbocycles. The van der Waals surface area contributed by atoms with Gasteiger partial charge in [0, 0.05) is 6.04 Å². The molecule has 0 aliphatic heterocycles. The molecule has 3 N–H and O–H groups in total. The number of nitrogens with one attached hydrogen (secondary N) is 1. The topological polar surface area (TPSA) is 101 Å². The van der Waals surface area contributed by atoms with E-state index in [4.69, 9.17) is 10.2 Å². The summed E-state index contributed by atoms with van der Waals surface area (Å²) >= 11 is 0. The number of rotatable bonds is 4. The van der Waals surface area contributed by atoms with Crippen LogP contribution in [0, 0.1) is 0 Å². The molecule has 0 unspecified atom stereocenters. The van der Waals surface area contributed by atoms with Gasteiger partial charge in [-0.05, 0) is 25.0 Å². The lowest BCUT2D eigenvalue weighted by atomic mass is 10.2. The van der Waals surface area contributed by atoms with E-state index < -0.39 is 0 Å². The van der Waals surface area contributed by atoms with Crippen molar-refractivity contribution < 1.29 is 9.21 Å². The van der Waals surface area contributed by atoms with Crippen molar-refractivity contribution in [3.63, 3.8) is 0 Å². The van der Waals surface area contributed by atoms with Gasteiger partial charge in [0.15, 0.2) is 0 Å². The predicted molar refractivity (Wildman–Crippen MR) is 71.6 cm³/mol. The third kappa shape index (κ3) is 2.52. The molecule has 0 atom stereocenters. The Morgan fingerprint density at radius 3 is 2.90 bits per heavy atom. The summed E-state index contributed by atoms with van der Waals surface area (Å²) in [6.07, 6.45) is 5.92. The molecule has 0 bridgehead atoms. The molecule has 2 aromatic rings. The van der Waals surface area contributed by atoms with Crippen LogP contribution in [0.1, 0.15) is 42.1 Å². The maximum atomic E-state index is 12.6. The molecule has 1 aliphatic rings. The van der Waals surface area contributed by atoms with Crippen LogP contribution in [0.2, 0.25) is 0 Å². The summed E-state index contributed by atoms with van der Waals surface area (Å²) in [5, 5.41) is 6.30. The molecule has 20 heavy (non-hydrogen) atoms. The van der Waals surface area contributed by atoms with Gasteiger partial charge in [-0.15, -0.1) is 5.10 Å². The minimum absolute atomic E-state index is 0.0812. The van der Waals surface area contributed by atoms with E-state index in [1.165, 1.54) is 0 Å². The quantitative estimate of drug-likeness (QED) is 0.881. The molecular formula is C13H17N5O2. The van der Waals surface area contributed by atoms with Crippen molar-refractivity contribution in [1.82, 2.24) is 20.1 Å². The van der Waals surface area contributed by atoms with Gasteiger partial charge in [-0.1, -0.05) is 12.8 Å². The maximum Gasteiger partial charge on any atom is 0.291 e. The number of amides is 1. The van der Waals surface area contributed by atoms with Gasteiger partial charge >= 0.3 is 0 Å². The van der Waals surface area contributed by atoms with Crippen molar-refractivity contribution in [1.29, 1.82) is 0 Å². The fourth-order valence-corrected chi connectivity index (χ4v) is 2.66. The van der Waals surface area contributed by atoms with Gasteiger partial charge in [0.1, 0.15) is 5.76 Å². The molecule has 0 aromatic carbocycles. The van der Waals surface area contributed by atoms with Crippen molar-refractivity contribution in [2.24, 2.45) is 0 Å². The van der Waals surface area contributed by atoms with E-state index in [0.29, 0.717) is 6.54 Å². The summed E-state index contributed by atoms with van der Waals surface area (Å²) in [6, 6.07) is 3.90. The molecule has 0 spiro atoms. The molecule has 106 valence electrons. The van der Waals surface area contributed by atoms with E-state index >= 15 is 0 Å². The van der Waals surface area contributed by atoms with E-state index in [2.05, 4.69) is 15.2 Å². The van der Waals surface area contributed by atoms with Gasteiger partial charge in [-0.25, -0.2) is 0 Å². The van der Waals surface area contributed by atoms with E-state index in [1.54, 1.807) is 11.2 Å². The Morgan fingerprint density at radius 2 is 2.30 bits per heavy atom. The van der Waals surface area contributed by atoms with E-state index in [-0.39, 0.29) is 23.7 Å². The lowest BCUT2D eigenvalue weighted by molar-refractivity contribution is 0.0637. The second kappa shape index (κ2) is 5.36. The number of furan rings is 1. The van der Waals surface area contributed by atoms with Crippen molar-refractivity contribution in [2.75, 3.05) is 5.73 Å². The second-order valence-electron chi connectivity index (χ2n) is 4.99. The zero-order valence-electron chi connectivity index (χ0n) is 11.1. The van der Waals surface area contributed by atoms with E-state index in [1.807, 2.05) is 12.1 Å². The first kappa shape index (κ1) is 12.7. The summed E-state index contributed by atoms with van der Waals surface area (Å²) in [6.45, 7) is 0.442. The van der Waals surface area contributed by atoms with E-state index in [9.17, 15) is 4.79 Å². The van der Waals surface area contributed by atoms with Crippen LogP contribution < -0.4 is 5.73 Å². The zero-order valence-corrected chi connectivity index (χ0v) is 11.1. The molecule has 2 heterocycles. The number of H-pyrrole nitrogens is 1. The van der Waals surface area contributed by atoms with Gasteiger partial charge in [0.05, 0.1) is 12.8 Å². The van der Waals surface area contributed by atoms with Crippen LogP contribution in [0.5, 0.6) is 0 Å². The SMILES string of the molecule is Nc1n[nH]c(C(=O)N(Cc2ccco2)C2CCCC2)n1. The molecule has 1 amide bonds. The lowest BCUT2D eigenvalue weighted by Gasteiger charge is -2.27. The number of hydrogen-bond acceptors (Lipinski definition) is 5. The van der Waals surface area contributed by atoms with E-state index in [0.717, 1.165) is 31.4 Å². The highest BCUT2D eigenvalue weighted by molar-refractivity contribution is 5.90. The Kier molecular flexibility index (Phi) is 3.41. The Bertz CT molecular complexity index is 571. The smallest absolute Gasteiger partial charge is 0.291 e. The number of nitrogen functional groups attached to an aromatic ring is 1. The van der Waals surface area contributed by atoms with Crippen LogP contribution in [0.25, 0.3) is 0 Å². The maximum absolute atomic E-state index is 12.6. The third-order valence-corrected chi connectivity index (χ3v) is 3.64. The summed E-state index contributed by atoms with van der Waals surface area (Å²) in [5.41, 5.74) is 5.46. The largest absolute Gasteiger partial charge is 0.467 e. The highest BCUT2D eigenvalue weighted by Gasteiger charge is 2.29. The first-order chi connectivity index (χ1) is 9.74. The molecule has 7 nitrogen and oxygen atoms in total. The van der Waals surface area contributed by atoms with Crippen LogP contribution >= 0.6 is 0 Å². The van der Waals surface area contributed by atoms with Crippen LogP contribution in [0.4, 0.5) is 5.95 Å². The summed E-state index contributed by atoms with van der Waals surface area (Å²) in [4.78, 5) is 18.3. The average Bonchev–Trinajstić information content (AvgIpc) is 3.17. The van der Waals surface area contributed by atoms with Crippen molar-refractivity contribution in [3.8, 4) is 0 Å². The molecule has 3 rings (SSSR count). The Labute approximate surface area is 116 Å². The number of hydrogen-bond donors (Lipinski definition) is 2. The van der Waals surface area contributed by atoms with Crippen LogP contribution in [0.15, 0.2) is 22.8 Å². The number of carbonyl (C=O) groups excluding carboxylic acids is 1. The highest BCUT2D eigenvalue weighted by Crippen LogP contribution is 2.26. The predicted octanol–water partition coefficient (Wildman–Crippen LogP) is 1.56. The van der Waals surface area contributed by atoms with Crippen molar-refractivity contribution in [2.45, 2.75) is 38.3 Å². The Hall–Kier alpha value is -2.31. The van der Waals surface area contributed by atoms with Crippen molar-refractivity contribution >= 4 is 11.9 Å². The number of anilines is 1. The summed E-state index contributed by atoms with van der Waals surface area (Å²) in [7, 11) is 0. The minimum Gasteiger partial charge on any atom is -0.467 e. The molecular weight excluding hydrogens is 258 g/mol. The first-order valence-corrected chi connectivity index (χ1v) is 6.75. The van der Waals surface area contributed by atoms with Crippen LogP contribution in [-0.2, 0) is 6.54 Å². The molecule has 7 heteroatoms. The minimum atomic E-state index is -0.183. The zero-order chi connectivity index (χ0) is 13.9. The summed E-state index contributed by atoms with van der Waals surface area (Å²) in [5.74, 6) is 0.842. The average molecular weight is 275 g/mol. The third-order valence-electron chi connectivity index (χ3n) is 3.64. The van der Waals surface area contributed by atoms with Gasteiger partial charge in [-0.2, -0.15) is 4.98 Å². The fraction of sp³-hybridized carbons (Fsp3) is 0.462. The second-order valence-corrected chi connectivity index (χ2v) is 4.99.